The molecule has 2 amide bonds. The molecule has 2 aliphatic heterocycles. The van der Waals surface area contributed by atoms with Gasteiger partial charge in [-0.3, -0.25) is 14.5 Å². The first kappa shape index (κ1) is 21.9. The maximum absolute atomic E-state index is 13.0. The van der Waals surface area contributed by atoms with Gasteiger partial charge in [-0.2, -0.15) is 0 Å². The predicted octanol–water partition coefficient (Wildman–Crippen LogP) is 2.13. The van der Waals surface area contributed by atoms with Crippen molar-refractivity contribution in [2.24, 2.45) is 11.8 Å². The molecule has 5 rings (SSSR count). The minimum absolute atomic E-state index is 0.118. The van der Waals surface area contributed by atoms with Crippen LogP contribution in [0.2, 0.25) is 0 Å². The number of carbonyl (C=O) groups is 2. The Morgan fingerprint density at radius 2 is 1.66 bits per heavy atom. The van der Waals surface area contributed by atoms with E-state index in [0.717, 1.165) is 55.8 Å². The highest BCUT2D eigenvalue weighted by atomic mass is 16.5. The number of likely N-dealkylation sites (tertiary alicyclic amines) is 1. The lowest BCUT2D eigenvalue weighted by Crippen LogP contribution is -2.37. The molecule has 8 nitrogen and oxygen atoms in total. The summed E-state index contributed by atoms with van der Waals surface area (Å²) >= 11 is 0. The summed E-state index contributed by atoms with van der Waals surface area (Å²) in [6.07, 6.45) is 5.27. The highest BCUT2D eigenvalue weighted by molar-refractivity contribution is 5.78. The van der Waals surface area contributed by atoms with Crippen LogP contribution in [0.1, 0.15) is 55.5 Å². The van der Waals surface area contributed by atoms with E-state index in [2.05, 4.69) is 10.1 Å². The number of aromatic nitrogens is 1. The van der Waals surface area contributed by atoms with Crippen molar-refractivity contribution in [1.82, 2.24) is 19.9 Å². The summed E-state index contributed by atoms with van der Waals surface area (Å²) in [5.74, 6) is 1.64. The lowest BCUT2D eigenvalue weighted by Gasteiger charge is -2.26. The molecule has 32 heavy (non-hydrogen) atoms. The average molecular weight is 445 g/mol. The van der Waals surface area contributed by atoms with Gasteiger partial charge in [-0.1, -0.05) is 5.16 Å². The maximum atomic E-state index is 13.0. The van der Waals surface area contributed by atoms with Crippen LogP contribution in [-0.2, 0) is 20.9 Å². The first-order chi connectivity index (χ1) is 15.3. The lowest BCUT2D eigenvalue weighted by molar-refractivity contribution is -0.133. The zero-order valence-corrected chi connectivity index (χ0v) is 19.7. The predicted molar refractivity (Wildman–Crippen MR) is 118 cm³/mol. The number of aryl methyl sites for hydroxylation is 2. The number of carbonyl (C=O) groups excluding carboxylic acids is 2. The smallest absolute Gasteiger partial charge is 0.225 e. The number of hydrogen-bond acceptors (Lipinski definition) is 6. The molecule has 1 aromatic rings. The second kappa shape index (κ2) is 8.45. The van der Waals surface area contributed by atoms with Crippen LogP contribution in [0.5, 0.6) is 0 Å². The van der Waals surface area contributed by atoms with E-state index < -0.39 is 0 Å². The van der Waals surface area contributed by atoms with Crippen LogP contribution in [0.15, 0.2) is 4.52 Å². The molecule has 1 aromatic heterocycles. The molecule has 0 aromatic carbocycles. The summed E-state index contributed by atoms with van der Waals surface area (Å²) in [6.45, 7) is 6.14. The van der Waals surface area contributed by atoms with E-state index in [9.17, 15) is 9.59 Å². The van der Waals surface area contributed by atoms with E-state index in [1.165, 1.54) is 0 Å². The molecule has 2 saturated carbocycles. The summed E-state index contributed by atoms with van der Waals surface area (Å²) in [5.41, 5.74) is 2.04. The van der Waals surface area contributed by atoms with Crippen LogP contribution in [-0.4, -0.2) is 83.1 Å². The Hall–Kier alpha value is -1.93. The Labute approximate surface area is 190 Å². The van der Waals surface area contributed by atoms with Gasteiger partial charge in [-0.15, -0.1) is 0 Å². The number of rotatable bonds is 8. The molecule has 176 valence electrons. The van der Waals surface area contributed by atoms with Gasteiger partial charge in [0, 0.05) is 63.2 Å². The van der Waals surface area contributed by atoms with E-state index in [4.69, 9.17) is 9.26 Å². The van der Waals surface area contributed by atoms with E-state index in [-0.39, 0.29) is 35.8 Å². The molecule has 4 fully saturated rings. The minimum Gasteiger partial charge on any atom is -0.376 e. The fourth-order valence-electron chi connectivity index (χ4n) is 5.74. The van der Waals surface area contributed by atoms with Crippen molar-refractivity contribution in [3.63, 3.8) is 0 Å². The third-order valence-electron chi connectivity index (χ3n) is 8.17. The van der Waals surface area contributed by atoms with Gasteiger partial charge in [0.2, 0.25) is 11.8 Å². The van der Waals surface area contributed by atoms with E-state index in [1.54, 1.807) is 0 Å². The standard InChI is InChI=1S/C24H36N4O4/c1-14-19(15(2)32-25-14)12-28-11-16(9-22(29)26(3)17-5-6-17)24-20(28)13-31-21(24)10-23(30)27(4)18-7-8-18/h16-18,20-21,24H,5-13H2,1-4H3/t16-,20-,21+,24-/m1/s1. The topological polar surface area (TPSA) is 79.1 Å². The van der Waals surface area contributed by atoms with Gasteiger partial charge in [-0.25, -0.2) is 0 Å². The fourth-order valence-corrected chi connectivity index (χ4v) is 5.74. The Morgan fingerprint density at radius 1 is 1.03 bits per heavy atom. The van der Waals surface area contributed by atoms with Crippen LogP contribution >= 0.6 is 0 Å². The molecular weight excluding hydrogens is 408 g/mol. The van der Waals surface area contributed by atoms with Crippen molar-refractivity contribution in [2.45, 2.75) is 83.1 Å². The Bertz CT molecular complexity index is 858. The number of nitrogens with zero attached hydrogens (tertiary/aromatic N) is 4. The lowest BCUT2D eigenvalue weighted by atomic mass is 9.84. The molecule has 8 heteroatoms. The molecule has 0 bridgehead atoms. The quantitative estimate of drug-likeness (QED) is 0.611. The molecule has 3 heterocycles. The Balaban J connectivity index is 1.32. The molecular formula is C24H36N4O4. The van der Waals surface area contributed by atoms with E-state index >= 15 is 0 Å². The van der Waals surface area contributed by atoms with Crippen LogP contribution in [0.3, 0.4) is 0 Å². The first-order valence-corrected chi connectivity index (χ1v) is 12.1. The van der Waals surface area contributed by atoms with Crippen molar-refractivity contribution in [1.29, 1.82) is 0 Å². The Morgan fingerprint density at radius 3 is 2.22 bits per heavy atom. The number of fused-ring (bicyclic) bond motifs is 1. The number of hydrogen-bond donors (Lipinski definition) is 0. The number of amides is 2. The minimum atomic E-state index is -0.118. The van der Waals surface area contributed by atoms with Crippen molar-refractivity contribution in [3.8, 4) is 0 Å². The molecule has 4 atom stereocenters. The summed E-state index contributed by atoms with van der Waals surface area (Å²) in [7, 11) is 3.85. The zero-order chi connectivity index (χ0) is 22.6. The number of ether oxygens (including phenoxy) is 1. The average Bonchev–Trinajstić information content (AvgIpc) is 3.69. The molecule has 0 radical (unpaired) electrons. The van der Waals surface area contributed by atoms with Crippen molar-refractivity contribution in [2.75, 3.05) is 27.2 Å². The molecule has 0 unspecified atom stereocenters. The van der Waals surface area contributed by atoms with Crippen LogP contribution in [0, 0.1) is 25.7 Å². The summed E-state index contributed by atoms with van der Waals surface area (Å²) in [4.78, 5) is 32.1. The molecule has 2 aliphatic carbocycles. The van der Waals surface area contributed by atoms with Crippen molar-refractivity contribution in [3.05, 3.63) is 17.0 Å². The normalized spacial score (nSPS) is 29.9. The first-order valence-electron chi connectivity index (χ1n) is 12.1. The fraction of sp³-hybridized carbons (Fsp3) is 0.792. The van der Waals surface area contributed by atoms with Gasteiger partial charge < -0.3 is 19.1 Å². The van der Waals surface area contributed by atoms with E-state index in [1.807, 2.05) is 37.7 Å². The van der Waals surface area contributed by atoms with Gasteiger partial charge in [0.25, 0.3) is 0 Å². The Kier molecular flexibility index (Phi) is 5.78. The van der Waals surface area contributed by atoms with Gasteiger partial charge >= 0.3 is 0 Å². The van der Waals surface area contributed by atoms with Crippen molar-refractivity contribution < 1.29 is 18.8 Å². The third kappa shape index (κ3) is 4.19. The monoisotopic (exact) mass is 444 g/mol. The van der Waals surface area contributed by atoms with E-state index in [0.29, 0.717) is 31.5 Å². The van der Waals surface area contributed by atoms with Crippen LogP contribution in [0.25, 0.3) is 0 Å². The highest BCUT2D eigenvalue weighted by Gasteiger charge is 2.52. The largest absolute Gasteiger partial charge is 0.376 e. The maximum Gasteiger partial charge on any atom is 0.225 e. The van der Waals surface area contributed by atoms with Gasteiger partial charge in [0.05, 0.1) is 24.8 Å². The second-order valence-electron chi connectivity index (χ2n) is 10.4. The third-order valence-corrected chi connectivity index (χ3v) is 8.17. The summed E-state index contributed by atoms with van der Waals surface area (Å²) < 4.78 is 11.6. The molecule has 2 saturated heterocycles. The van der Waals surface area contributed by atoms with Crippen LogP contribution in [0.4, 0.5) is 0 Å². The molecule has 4 aliphatic rings. The zero-order valence-electron chi connectivity index (χ0n) is 19.7. The summed E-state index contributed by atoms with van der Waals surface area (Å²) in [6, 6.07) is 1.04. The SMILES string of the molecule is Cc1noc(C)c1CN1C[C@@H](CC(=O)N(C)C2CC2)[C@H]2[C@H](CC(=O)N(C)C3CC3)OC[C@H]21. The molecule has 0 N–H and O–H groups in total. The highest BCUT2D eigenvalue weighted by Crippen LogP contribution is 2.43. The van der Waals surface area contributed by atoms with Gasteiger partial charge in [0.1, 0.15) is 5.76 Å². The van der Waals surface area contributed by atoms with Crippen LogP contribution < -0.4 is 0 Å². The molecule has 0 spiro atoms. The second-order valence-corrected chi connectivity index (χ2v) is 10.4. The van der Waals surface area contributed by atoms with Crippen molar-refractivity contribution >= 4 is 11.8 Å². The summed E-state index contributed by atoms with van der Waals surface area (Å²) in [5, 5.41) is 4.11. The van der Waals surface area contributed by atoms with Gasteiger partial charge in [-0.05, 0) is 45.4 Å². The van der Waals surface area contributed by atoms with Gasteiger partial charge in [0.15, 0.2) is 0 Å².